The molecule has 0 saturated carbocycles. The number of carbonyl (C=O) groups is 1. The maximum Gasteiger partial charge on any atom is 0.270 e. The molecule has 1 atom stereocenters. The standard InChI is InChI=1S/C17H20N4O5/c1-20-14-7-11(3-4-15(14)26-10-13(18)17(20)23)25-6-5-21-16(22)8-12(24-2)9-19-21/h3-4,7-9,13H,5-6,10,18H2,1-2H3/t13-/m0/s1. The number of anilines is 1. The van der Waals surface area contributed by atoms with Gasteiger partial charge in [0.2, 0.25) is 5.91 Å². The molecule has 0 fully saturated rings. The van der Waals surface area contributed by atoms with Crippen LogP contribution in [0.5, 0.6) is 17.2 Å². The molecule has 1 aliphatic rings. The van der Waals surface area contributed by atoms with Crippen LogP contribution in [0, 0.1) is 0 Å². The van der Waals surface area contributed by atoms with Crippen LogP contribution in [0.15, 0.2) is 35.3 Å². The molecule has 0 spiro atoms. The molecular formula is C17H20N4O5. The highest BCUT2D eigenvalue weighted by molar-refractivity contribution is 5.98. The van der Waals surface area contributed by atoms with E-state index in [0.29, 0.717) is 22.9 Å². The van der Waals surface area contributed by atoms with Crippen LogP contribution < -0.4 is 30.4 Å². The number of benzene rings is 1. The molecule has 138 valence electrons. The topological polar surface area (TPSA) is 109 Å². The summed E-state index contributed by atoms with van der Waals surface area (Å²) in [7, 11) is 3.11. The monoisotopic (exact) mass is 360 g/mol. The van der Waals surface area contributed by atoms with Gasteiger partial charge in [-0.25, -0.2) is 4.68 Å². The van der Waals surface area contributed by atoms with Crippen molar-refractivity contribution in [3.8, 4) is 17.2 Å². The molecule has 1 aromatic carbocycles. The second kappa shape index (κ2) is 7.44. The molecule has 9 heteroatoms. The summed E-state index contributed by atoms with van der Waals surface area (Å²) < 4.78 is 17.5. The molecule has 2 aromatic rings. The first-order valence-corrected chi connectivity index (χ1v) is 8.03. The van der Waals surface area contributed by atoms with Crippen LogP contribution in [0.1, 0.15) is 0 Å². The molecule has 3 rings (SSSR count). The van der Waals surface area contributed by atoms with E-state index in [2.05, 4.69) is 5.10 Å². The number of aromatic nitrogens is 2. The lowest BCUT2D eigenvalue weighted by Gasteiger charge is -2.18. The molecule has 0 bridgehead atoms. The summed E-state index contributed by atoms with van der Waals surface area (Å²) in [5.74, 6) is 1.29. The van der Waals surface area contributed by atoms with Crippen LogP contribution in [-0.4, -0.2) is 49.1 Å². The molecule has 1 amide bonds. The molecule has 0 aliphatic carbocycles. The summed E-state index contributed by atoms with van der Waals surface area (Å²) in [5.41, 5.74) is 6.08. The Balaban J connectivity index is 1.68. The predicted octanol–water partition coefficient (Wildman–Crippen LogP) is 0.0134. The molecule has 2 heterocycles. The minimum Gasteiger partial charge on any atom is -0.495 e. The summed E-state index contributed by atoms with van der Waals surface area (Å²) in [6.45, 7) is 0.633. The van der Waals surface area contributed by atoms with Crippen LogP contribution >= 0.6 is 0 Å². The third-order valence-electron chi connectivity index (χ3n) is 4.01. The smallest absolute Gasteiger partial charge is 0.270 e. The normalized spacial score (nSPS) is 16.5. The van der Waals surface area contributed by atoms with Gasteiger partial charge in [0, 0.05) is 19.2 Å². The van der Waals surface area contributed by atoms with Crippen molar-refractivity contribution >= 4 is 11.6 Å². The molecule has 0 unspecified atom stereocenters. The Bertz CT molecular complexity index is 866. The van der Waals surface area contributed by atoms with Crippen molar-refractivity contribution in [3.05, 3.63) is 40.8 Å². The summed E-state index contributed by atoms with van der Waals surface area (Å²) in [6, 6.07) is 5.82. The Hall–Kier alpha value is -3.07. The van der Waals surface area contributed by atoms with E-state index in [9.17, 15) is 9.59 Å². The van der Waals surface area contributed by atoms with Gasteiger partial charge in [-0.2, -0.15) is 5.10 Å². The quantitative estimate of drug-likeness (QED) is 0.800. The van der Waals surface area contributed by atoms with Crippen molar-refractivity contribution < 1.29 is 19.0 Å². The summed E-state index contributed by atoms with van der Waals surface area (Å²) >= 11 is 0. The van der Waals surface area contributed by atoms with Crippen molar-refractivity contribution in [1.82, 2.24) is 9.78 Å². The summed E-state index contributed by atoms with van der Waals surface area (Å²) in [6.07, 6.45) is 1.46. The summed E-state index contributed by atoms with van der Waals surface area (Å²) in [4.78, 5) is 25.5. The minimum atomic E-state index is -0.704. The van der Waals surface area contributed by atoms with Crippen LogP contribution in [-0.2, 0) is 11.3 Å². The third-order valence-corrected chi connectivity index (χ3v) is 4.01. The number of nitrogens with zero attached hydrogens (tertiary/aromatic N) is 3. The Morgan fingerprint density at radius 3 is 2.85 bits per heavy atom. The molecule has 0 radical (unpaired) electrons. The lowest BCUT2D eigenvalue weighted by Crippen LogP contribution is -2.43. The lowest BCUT2D eigenvalue weighted by atomic mass is 10.2. The van der Waals surface area contributed by atoms with E-state index in [-0.39, 0.29) is 31.2 Å². The fraction of sp³-hybridized carbons (Fsp3) is 0.353. The molecule has 2 N–H and O–H groups in total. The Labute approximate surface area is 149 Å². The predicted molar refractivity (Wildman–Crippen MR) is 93.9 cm³/mol. The number of hydrogen-bond donors (Lipinski definition) is 1. The molecule has 26 heavy (non-hydrogen) atoms. The van der Waals surface area contributed by atoms with Crippen LogP contribution in [0.2, 0.25) is 0 Å². The van der Waals surface area contributed by atoms with E-state index in [4.69, 9.17) is 19.9 Å². The average molecular weight is 360 g/mol. The van der Waals surface area contributed by atoms with E-state index >= 15 is 0 Å². The number of carbonyl (C=O) groups excluding carboxylic acids is 1. The number of ether oxygens (including phenoxy) is 3. The highest BCUT2D eigenvalue weighted by atomic mass is 16.5. The number of rotatable bonds is 5. The SMILES string of the molecule is COc1cnn(CCOc2ccc3c(c2)N(C)C(=O)[C@@H](N)CO3)c(=O)c1. The van der Waals surface area contributed by atoms with Crippen LogP contribution in [0.4, 0.5) is 5.69 Å². The fourth-order valence-corrected chi connectivity index (χ4v) is 2.54. The average Bonchev–Trinajstić information content (AvgIpc) is 2.75. The highest BCUT2D eigenvalue weighted by Crippen LogP contribution is 2.33. The van der Waals surface area contributed by atoms with Crippen molar-refractivity contribution in [2.24, 2.45) is 5.73 Å². The van der Waals surface area contributed by atoms with E-state index in [1.54, 1.807) is 25.2 Å². The number of fused-ring (bicyclic) bond motifs is 1. The van der Waals surface area contributed by atoms with Crippen molar-refractivity contribution in [1.29, 1.82) is 0 Å². The van der Waals surface area contributed by atoms with Gasteiger partial charge in [-0.3, -0.25) is 9.59 Å². The van der Waals surface area contributed by atoms with Gasteiger partial charge in [-0.05, 0) is 12.1 Å². The zero-order valence-corrected chi connectivity index (χ0v) is 14.5. The van der Waals surface area contributed by atoms with E-state index in [0.717, 1.165) is 0 Å². The van der Waals surface area contributed by atoms with E-state index < -0.39 is 6.04 Å². The Morgan fingerprint density at radius 1 is 1.31 bits per heavy atom. The third kappa shape index (κ3) is 3.62. The van der Waals surface area contributed by atoms with Gasteiger partial charge in [-0.1, -0.05) is 0 Å². The number of methoxy groups -OCH3 is 1. The van der Waals surface area contributed by atoms with Gasteiger partial charge in [0.05, 0.1) is 25.5 Å². The largest absolute Gasteiger partial charge is 0.495 e. The molecule has 0 saturated heterocycles. The van der Waals surface area contributed by atoms with Gasteiger partial charge in [0.25, 0.3) is 5.56 Å². The number of likely N-dealkylation sites (N-methyl/N-ethyl adjacent to an activating group) is 1. The molecule has 9 nitrogen and oxygen atoms in total. The van der Waals surface area contributed by atoms with Gasteiger partial charge in [-0.15, -0.1) is 0 Å². The van der Waals surface area contributed by atoms with E-state index in [1.165, 1.54) is 29.0 Å². The highest BCUT2D eigenvalue weighted by Gasteiger charge is 2.26. The summed E-state index contributed by atoms with van der Waals surface area (Å²) in [5, 5.41) is 4.01. The first-order valence-electron chi connectivity index (χ1n) is 8.03. The molecule has 1 aromatic heterocycles. The first-order chi connectivity index (χ1) is 12.5. The molecule has 1 aliphatic heterocycles. The Kier molecular flexibility index (Phi) is 5.08. The maximum atomic E-state index is 12.1. The second-order valence-corrected chi connectivity index (χ2v) is 5.75. The lowest BCUT2D eigenvalue weighted by molar-refractivity contribution is -0.119. The number of amides is 1. The van der Waals surface area contributed by atoms with Gasteiger partial charge >= 0.3 is 0 Å². The Morgan fingerprint density at radius 2 is 2.12 bits per heavy atom. The van der Waals surface area contributed by atoms with Gasteiger partial charge < -0.3 is 24.8 Å². The number of nitrogens with two attached hydrogens (primary N) is 1. The second-order valence-electron chi connectivity index (χ2n) is 5.75. The zero-order valence-electron chi connectivity index (χ0n) is 14.5. The van der Waals surface area contributed by atoms with Crippen molar-refractivity contribution in [2.45, 2.75) is 12.6 Å². The van der Waals surface area contributed by atoms with E-state index in [1.807, 2.05) is 0 Å². The van der Waals surface area contributed by atoms with Gasteiger partial charge in [0.15, 0.2) is 0 Å². The maximum absolute atomic E-state index is 12.1. The van der Waals surface area contributed by atoms with Crippen LogP contribution in [0.3, 0.4) is 0 Å². The van der Waals surface area contributed by atoms with Crippen molar-refractivity contribution in [3.63, 3.8) is 0 Å². The zero-order chi connectivity index (χ0) is 18.7. The minimum absolute atomic E-state index is 0.127. The first kappa shape index (κ1) is 17.7. The fourth-order valence-electron chi connectivity index (χ4n) is 2.54. The number of hydrogen-bond acceptors (Lipinski definition) is 7. The molecular weight excluding hydrogens is 340 g/mol. The van der Waals surface area contributed by atoms with Crippen molar-refractivity contribution in [2.75, 3.05) is 32.3 Å². The van der Waals surface area contributed by atoms with Gasteiger partial charge in [0.1, 0.15) is 36.5 Å². The van der Waals surface area contributed by atoms with Crippen LogP contribution in [0.25, 0.3) is 0 Å².